The molecule has 0 bridgehead atoms. The maximum absolute atomic E-state index is 12.6. The molecular weight excluding hydrogens is 363 g/mol. The first-order valence-electron chi connectivity index (χ1n) is 7.13. The summed E-state index contributed by atoms with van der Waals surface area (Å²) in [6.07, 6.45) is -1.60. The minimum atomic E-state index is -4.40. The highest BCUT2D eigenvalue weighted by Crippen LogP contribution is 2.34. The summed E-state index contributed by atoms with van der Waals surface area (Å²) in [5.74, 6) is 0.896. The number of carbonyl (C=O) groups is 1. The number of piperazine rings is 1. The third kappa shape index (κ3) is 3.21. The third-order valence-corrected chi connectivity index (χ3v) is 4.55. The molecule has 1 saturated heterocycles. The van der Waals surface area contributed by atoms with Crippen molar-refractivity contribution in [2.75, 3.05) is 31.1 Å². The zero-order chi connectivity index (χ0) is 15.9. The smallest absolute Gasteiger partial charge is 0.352 e. The lowest BCUT2D eigenvalue weighted by Gasteiger charge is -2.36. The van der Waals surface area contributed by atoms with E-state index in [0.29, 0.717) is 36.5 Å². The van der Waals surface area contributed by atoms with E-state index in [1.807, 2.05) is 9.80 Å². The monoisotopic (exact) mass is 377 g/mol. The molecule has 1 aliphatic carbocycles. The van der Waals surface area contributed by atoms with Crippen molar-refractivity contribution < 1.29 is 18.0 Å². The molecule has 1 aromatic heterocycles. The first-order valence-corrected chi connectivity index (χ1v) is 7.92. The van der Waals surface area contributed by atoms with Crippen LogP contribution in [0.2, 0.25) is 0 Å². The van der Waals surface area contributed by atoms with Crippen molar-refractivity contribution in [3.05, 3.63) is 22.3 Å². The average Bonchev–Trinajstić information content (AvgIpc) is 3.30. The summed E-state index contributed by atoms with van der Waals surface area (Å²) in [5, 5.41) is 0. The predicted octanol–water partition coefficient (Wildman–Crippen LogP) is 2.92. The zero-order valence-electron chi connectivity index (χ0n) is 11.7. The highest BCUT2D eigenvalue weighted by Gasteiger charge is 2.35. The van der Waals surface area contributed by atoms with Gasteiger partial charge in [0.05, 0.1) is 10.0 Å². The van der Waals surface area contributed by atoms with Crippen LogP contribution in [-0.4, -0.2) is 42.0 Å². The SMILES string of the molecule is O=C(C1CC1)N1CCN(c2ncc(C(F)(F)F)cc2Br)CC1. The Morgan fingerprint density at radius 3 is 2.36 bits per heavy atom. The van der Waals surface area contributed by atoms with E-state index in [1.54, 1.807) is 0 Å². The van der Waals surface area contributed by atoms with E-state index in [2.05, 4.69) is 20.9 Å². The summed E-state index contributed by atoms with van der Waals surface area (Å²) in [6, 6.07) is 1.05. The summed E-state index contributed by atoms with van der Waals surface area (Å²) < 4.78 is 38.3. The number of hydrogen-bond donors (Lipinski definition) is 0. The third-order valence-electron chi connectivity index (χ3n) is 3.97. The quantitative estimate of drug-likeness (QED) is 0.794. The molecule has 4 nitrogen and oxygen atoms in total. The molecule has 8 heteroatoms. The first kappa shape index (κ1) is 15.6. The van der Waals surface area contributed by atoms with Crippen molar-refractivity contribution in [2.45, 2.75) is 19.0 Å². The van der Waals surface area contributed by atoms with Gasteiger partial charge in [0.15, 0.2) is 0 Å². The van der Waals surface area contributed by atoms with Crippen molar-refractivity contribution in [1.29, 1.82) is 0 Å². The number of anilines is 1. The molecule has 2 heterocycles. The average molecular weight is 378 g/mol. The van der Waals surface area contributed by atoms with Gasteiger partial charge in [-0.2, -0.15) is 13.2 Å². The van der Waals surface area contributed by atoms with Crippen molar-refractivity contribution in [1.82, 2.24) is 9.88 Å². The Bertz CT molecular complexity index is 581. The second-order valence-electron chi connectivity index (χ2n) is 5.61. The van der Waals surface area contributed by atoms with Gasteiger partial charge >= 0.3 is 6.18 Å². The van der Waals surface area contributed by atoms with Gasteiger partial charge in [-0.05, 0) is 34.8 Å². The fourth-order valence-corrected chi connectivity index (χ4v) is 3.15. The molecule has 0 unspecified atom stereocenters. The number of aromatic nitrogens is 1. The summed E-state index contributed by atoms with van der Waals surface area (Å²) >= 11 is 3.17. The van der Waals surface area contributed by atoms with E-state index in [4.69, 9.17) is 0 Å². The Morgan fingerprint density at radius 1 is 1.23 bits per heavy atom. The molecule has 22 heavy (non-hydrogen) atoms. The molecule has 3 rings (SSSR count). The first-order chi connectivity index (χ1) is 10.4. The van der Waals surface area contributed by atoms with Gasteiger partial charge in [0, 0.05) is 38.3 Å². The Labute approximate surface area is 134 Å². The van der Waals surface area contributed by atoms with E-state index in [0.717, 1.165) is 25.1 Å². The van der Waals surface area contributed by atoms with E-state index >= 15 is 0 Å². The van der Waals surface area contributed by atoms with E-state index in [1.165, 1.54) is 0 Å². The Morgan fingerprint density at radius 2 is 1.86 bits per heavy atom. The summed E-state index contributed by atoms with van der Waals surface area (Å²) in [4.78, 5) is 19.7. The molecule has 1 aliphatic heterocycles. The number of carbonyl (C=O) groups excluding carboxylic acids is 1. The highest BCUT2D eigenvalue weighted by atomic mass is 79.9. The van der Waals surface area contributed by atoms with Crippen LogP contribution in [0.5, 0.6) is 0 Å². The van der Waals surface area contributed by atoms with Crippen molar-refractivity contribution in [3.8, 4) is 0 Å². The molecular formula is C14H15BrF3N3O. The number of pyridine rings is 1. The van der Waals surface area contributed by atoms with Crippen molar-refractivity contribution in [2.24, 2.45) is 5.92 Å². The fourth-order valence-electron chi connectivity index (χ4n) is 2.55. The maximum Gasteiger partial charge on any atom is 0.417 e. The maximum atomic E-state index is 12.6. The molecule has 2 aliphatic rings. The van der Waals surface area contributed by atoms with Gasteiger partial charge in [-0.3, -0.25) is 4.79 Å². The van der Waals surface area contributed by atoms with Crippen LogP contribution in [0.1, 0.15) is 18.4 Å². The minimum absolute atomic E-state index is 0.197. The van der Waals surface area contributed by atoms with Crippen LogP contribution in [0.4, 0.5) is 19.0 Å². The van der Waals surface area contributed by atoms with Gasteiger partial charge in [-0.25, -0.2) is 4.98 Å². The van der Waals surface area contributed by atoms with Crippen LogP contribution in [0.15, 0.2) is 16.7 Å². The Kier molecular flexibility index (Phi) is 4.05. The second-order valence-corrected chi connectivity index (χ2v) is 6.47. The predicted molar refractivity (Wildman–Crippen MR) is 78.5 cm³/mol. The molecule has 0 spiro atoms. The van der Waals surface area contributed by atoms with E-state index in [-0.39, 0.29) is 11.8 Å². The summed E-state index contributed by atoms with van der Waals surface area (Å²) in [7, 11) is 0. The van der Waals surface area contributed by atoms with Crippen LogP contribution in [0.3, 0.4) is 0 Å². The number of amides is 1. The normalized spacial score (nSPS) is 19.5. The molecule has 0 atom stereocenters. The van der Waals surface area contributed by atoms with E-state index < -0.39 is 11.7 Å². The number of alkyl halides is 3. The molecule has 0 radical (unpaired) electrons. The number of halogens is 4. The molecule has 0 N–H and O–H groups in total. The standard InChI is InChI=1S/C14H15BrF3N3O/c15-11-7-10(14(16,17)18)8-19-12(11)20-3-5-21(6-4-20)13(22)9-1-2-9/h7-9H,1-6H2. The lowest BCUT2D eigenvalue weighted by molar-refractivity contribution is -0.138. The van der Waals surface area contributed by atoms with Crippen molar-refractivity contribution in [3.63, 3.8) is 0 Å². The lowest BCUT2D eigenvalue weighted by Crippen LogP contribution is -2.49. The zero-order valence-corrected chi connectivity index (χ0v) is 13.3. The fraction of sp³-hybridized carbons (Fsp3) is 0.571. The van der Waals surface area contributed by atoms with Crippen LogP contribution in [-0.2, 0) is 11.0 Å². The molecule has 2 fully saturated rings. The largest absolute Gasteiger partial charge is 0.417 e. The molecule has 0 aromatic carbocycles. The summed E-state index contributed by atoms with van der Waals surface area (Å²) in [5.41, 5.74) is -0.773. The molecule has 1 aromatic rings. The van der Waals surface area contributed by atoms with Crippen molar-refractivity contribution >= 4 is 27.7 Å². The number of rotatable bonds is 2. The van der Waals surface area contributed by atoms with Gasteiger partial charge in [-0.1, -0.05) is 0 Å². The van der Waals surface area contributed by atoms with Gasteiger partial charge < -0.3 is 9.80 Å². The van der Waals surface area contributed by atoms with Gasteiger partial charge in [-0.15, -0.1) is 0 Å². The minimum Gasteiger partial charge on any atom is -0.352 e. The molecule has 1 saturated carbocycles. The summed E-state index contributed by atoms with van der Waals surface area (Å²) in [6.45, 7) is 2.33. The Balaban J connectivity index is 1.67. The van der Waals surface area contributed by atoms with Crippen LogP contribution in [0, 0.1) is 5.92 Å². The molecule has 1 amide bonds. The second kappa shape index (κ2) is 5.72. The highest BCUT2D eigenvalue weighted by molar-refractivity contribution is 9.10. The van der Waals surface area contributed by atoms with Gasteiger partial charge in [0.2, 0.25) is 5.91 Å². The number of nitrogens with zero attached hydrogens (tertiary/aromatic N) is 3. The van der Waals surface area contributed by atoms with Crippen LogP contribution < -0.4 is 4.90 Å². The van der Waals surface area contributed by atoms with Gasteiger partial charge in [0.25, 0.3) is 0 Å². The Hall–Kier alpha value is -1.31. The molecule has 120 valence electrons. The topological polar surface area (TPSA) is 36.4 Å². The van der Waals surface area contributed by atoms with Crippen LogP contribution >= 0.6 is 15.9 Å². The van der Waals surface area contributed by atoms with E-state index in [9.17, 15) is 18.0 Å². The van der Waals surface area contributed by atoms with Gasteiger partial charge in [0.1, 0.15) is 5.82 Å². The number of hydrogen-bond acceptors (Lipinski definition) is 3. The lowest BCUT2D eigenvalue weighted by atomic mass is 10.2. The van der Waals surface area contributed by atoms with Crippen LogP contribution in [0.25, 0.3) is 0 Å².